The molecule has 1 aromatic rings. The number of anilines is 1. The number of nitrogens with zero attached hydrogens (tertiary/aromatic N) is 1. The van der Waals surface area contributed by atoms with Crippen molar-refractivity contribution in [2.45, 2.75) is 11.8 Å². The SMILES string of the molecule is CC1(CO)CN(c2ccc(S(N)(=O)=O)cc2Cl)C1. The van der Waals surface area contributed by atoms with Gasteiger partial charge < -0.3 is 10.0 Å². The molecule has 7 heteroatoms. The van der Waals surface area contributed by atoms with Crippen LogP contribution in [-0.4, -0.2) is 33.2 Å². The van der Waals surface area contributed by atoms with E-state index in [0.717, 1.165) is 5.69 Å². The van der Waals surface area contributed by atoms with Crippen molar-refractivity contribution in [1.29, 1.82) is 0 Å². The summed E-state index contributed by atoms with van der Waals surface area (Å²) in [6.07, 6.45) is 0. The van der Waals surface area contributed by atoms with E-state index in [2.05, 4.69) is 0 Å². The maximum Gasteiger partial charge on any atom is 0.238 e. The van der Waals surface area contributed by atoms with Gasteiger partial charge in [0.15, 0.2) is 0 Å². The first kappa shape index (κ1) is 13.6. The van der Waals surface area contributed by atoms with Crippen LogP contribution in [0.1, 0.15) is 6.92 Å². The Morgan fingerprint density at radius 3 is 2.56 bits per heavy atom. The summed E-state index contributed by atoms with van der Waals surface area (Å²) in [7, 11) is -3.73. The Kier molecular flexibility index (Phi) is 3.31. The van der Waals surface area contributed by atoms with Gasteiger partial charge in [0.25, 0.3) is 0 Å². The fourth-order valence-electron chi connectivity index (χ4n) is 2.07. The van der Waals surface area contributed by atoms with Crippen molar-refractivity contribution >= 4 is 27.3 Å². The molecule has 1 aromatic carbocycles. The first-order chi connectivity index (χ1) is 8.25. The molecule has 1 saturated heterocycles. The highest BCUT2D eigenvalue weighted by Gasteiger charge is 2.38. The second-order valence-electron chi connectivity index (χ2n) is 4.98. The van der Waals surface area contributed by atoms with Crippen LogP contribution in [0.15, 0.2) is 23.1 Å². The zero-order valence-electron chi connectivity index (χ0n) is 9.93. The Hall–Kier alpha value is -0.820. The number of aliphatic hydroxyl groups excluding tert-OH is 1. The van der Waals surface area contributed by atoms with E-state index in [1.165, 1.54) is 12.1 Å². The molecule has 0 spiro atoms. The van der Waals surface area contributed by atoms with Gasteiger partial charge in [-0.05, 0) is 18.2 Å². The van der Waals surface area contributed by atoms with Gasteiger partial charge in [0, 0.05) is 18.5 Å². The molecule has 3 N–H and O–H groups in total. The van der Waals surface area contributed by atoms with Crippen LogP contribution in [0.25, 0.3) is 0 Å². The lowest BCUT2D eigenvalue weighted by molar-refractivity contribution is 0.111. The summed E-state index contributed by atoms with van der Waals surface area (Å²) in [6, 6.07) is 4.42. The van der Waals surface area contributed by atoms with E-state index in [4.69, 9.17) is 16.7 Å². The standard InChI is InChI=1S/C11H15ClN2O3S/c1-11(7-15)5-14(6-11)10-3-2-8(4-9(10)12)18(13,16)17/h2-4,15H,5-7H2,1H3,(H2,13,16,17). The molecule has 0 radical (unpaired) electrons. The minimum atomic E-state index is -3.73. The molecule has 0 aliphatic carbocycles. The fourth-order valence-corrected chi connectivity index (χ4v) is 2.97. The number of primary sulfonamides is 1. The van der Waals surface area contributed by atoms with Crippen molar-refractivity contribution in [2.75, 3.05) is 24.6 Å². The molecule has 18 heavy (non-hydrogen) atoms. The van der Waals surface area contributed by atoms with Crippen molar-refractivity contribution < 1.29 is 13.5 Å². The molecule has 0 atom stereocenters. The van der Waals surface area contributed by atoms with Gasteiger partial charge in [0.05, 0.1) is 22.2 Å². The van der Waals surface area contributed by atoms with E-state index in [1.807, 2.05) is 11.8 Å². The average Bonchev–Trinajstić information content (AvgIpc) is 2.24. The minimum absolute atomic E-state index is 0.00157. The fraction of sp³-hybridized carbons (Fsp3) is 0.455. The molecule has 1 heterocycles. The third-order valence-electron chi connectivity index (χ3n) is 3.12. The first-order valence-electron chi connectivity index (χ1n) is 5.43. The molecular formula is C11H15ClN2O3S. The van der Waals surface area contributed by atoms with Gasteiger partial charge >= 0.3 is 0 Å². The zero-order valence-corrected chi connectivity index (χ0v) is 11.5. The Bertz CT molecular complexity index is 568. The molecule has 100 valence electrons. The van der Waals surface area contributed by atoms with Gasteiger partial charge in [-0.15, -0.1) is 0 Å². The Balaban J connectivity index is 2.23. The van der Waals surface area contributed by atoms with Crippen LogP contribution >= 0.6 is 11.6 Å². The summed E-state index contributed by atoms with van der Waals surface area (Å²) < 4.78 is 22.3. The van der Waals surface area contributed by atoms with Crippen molar-refractivity contribution in [3.63, 3.8) is 0 Å². The van der Waals surface area contributed by atoms with Gasteiger partial charge in [-0.25, -0.2) is 13.6 Å². The summed E-state index contributed by atoms with van der Waals surface area (Å²) in [6.45, 7) is 3.49. The quantitative estimate of drug-likeness (QED) is 0.863. The van der Waals surface area contributed by atoms with Crippen LogP contribution < -0.4 is 10.0 Å². The van der Waals surface area contributed by atoms with Crippen LogP contribution in [0, 0.1) is 5.41 Å². The number of aliphatic hydroxyl groups is 1. The third-order valence-corrected chi connectivity index (χ3v) is 4.33. The highest BCUT2D eigenvalue weighted by Crippen LogP contribution is 2.37. The van der Waals surface area contributed by atoms with Crippen molar-refractivity contribution in [3.8, 4) is 0 Å². The molecule has 0 saturated carbocycles. The summed E-state index contributed by atoms with van der Waals surface area (Å²) in [5.74, 6) is 0. The average molecular weight is 291 g/mol. The third kappa shape index (κ3) is 2.47. The maximum atomic E-state index is 11.2. The number of benzene rings is 1. The summed E-state index contributed by atoms with van der Waals surface area (Å²) in [5.41, 5.74) is 0.650. The number of hydrogen-bond acceptors (Lipinski definition) is 4. The number of halogens is 1. The van der Waals surface area contributed by atoms with Crippen LogP contribution in [0.4, 0.5) is 5.69 Å². The minimum Gasteiger partial charge on any atom is -0.396 e. The van der Waals surface area contributed by atoms with E-state index in [-0.39, 0.29) is 16.9 Å². The van der Waals surface area contributed by atoms with E-state index in [0.29, 0.717) is 18.1 Å². The molecule has 0 bridgehead atoms. The van der Waals surface area contributed by atoms with Crippen LogP contribution in [-0.2, 0) is 10.0 Å². The molecule has 1 aliphatic heterocycles. The van der Waals surface area contributed by atoms with E-state index in [1.54, 1.807) is 6.07 Å². The Morgan fingerprint density at radius 1 is 1.50 bits per heavy atom. The summed E-state index contributed by atoms with van der Waals surface area (Å²) in [5, 5.41) is 14.6. The Labute approximate surface area is 111 Å². The molecule has 0 amide bonds. The second kappa shape index (κ2) is 4.38. The summed E-state index contributed by atoms with van der Waals surface area (Å²) >= 11 is 6.06. The van der Waals surface area contributed by atoms with Crippen molar-refractivity contribution in [1.82, 2.24) is 0 Å². The predicted octanol–water partition coefficient (Wildman–Crippen LogP) is 0.806. The summed E-state index contributed by atoms with van der Waals surface area (Å²) in [4.78, 5) is 1.99. The van der Waals surface area contributed by atoms with Gasteiger partial charge in [0.2, 0.25) is 10.0 Å². The first-order valence-corrected chi connectivity index (χ1v) is 7.36. The van der Waals surface area contributed by atoms with E-state index < -0.39 is 10.0 Å². The largest absolute Gasteiger partial charge is 0.396 e. The molecule has 0 aromatic heterocycles. The molecule has 1 fully saturated rings. The number of nitrogens with two attached hydrogens (primary N) is 1. The molecule has 1 aliphatic rings. The molecule has 5 nitrogen and oxygen atoms in total. The lowest BCUT2D eigenvalue weighted by atomic mass is 9.82. The maximum absolute atomic E-state index is 11.2. The van der Waals surface area contributed by atoms with Gasteiger partial charge in [-0.1, -0.05) is 18.5 Å². The topological polar surface area (TPSA) is 83.6 Å². The number of sulfonamides is 1. The van der Waals surface area contributed by atoms with E-state index in [9.17, 15) is 13.5 Å². The van der Waals surface area contributed by atoms with Crippen molar-refractivity contribution in [2.24, 2.45) is 10.6 Å². The highest BCUT2D eigenvalue weighted by atomic mass is 35.5. The zero-order chi connectivity index (χ0) is 13.6. The number of hydrogen-bond donors (Lipinski definition) is 2. The van der Waals surface area contributed by atoms with Crippen LogP contribution in [0.5, 0.6) is 0 Å². The van der Waals surface area contributed by atoms with Gasteiger partial charge in [0.1, 0.15) is 0 Å². The Morgan fingerprint density at radius 2 is 2.11 bits per heavy atom. The smallest absolute Gasteiger partial charge is 0.238 e. The lowest BCUT2D eigenvalue weighted by Gasteiger charge is -2.48. The van der Waals surface area contributed by atoms with Gasteiger partial charge in [-0.2, -0.15) is 0 Å². The van der Waals surface area contributed by atoms with Crippen LogP contribution in [0.2, 0.25) is 5.02 Å². The predicted molar refractivity (Wildman–Crippen MR) is 70.2 cm³/mol. The van der Waals surface area contributed by atoms with E-state index >= 15 is 0 Å². The van der Waals surface area contributed by atoms with Gasteiger partial charge in [-0.3, -0.25) is 0 Å². The molecule has 0 unspecified atom stereocenters. The second-order valence-corrected chi connectivity index (χ2v) is 6.95. The highest BCUT2D eigenvalue weighted by molar-refractivity contribution is 7.89. The normalized spacial score (nSPS) is 18.6. The molecular weight excluding hydrogens is 276 g/mol. The monoisotopic (exact) mass is 290 g/mol. The lowest BCUT2D eigenvalue weighted by Crippen LogP contribution is -2.56. The van der Waals surface area contributed by atoms with Crippen molar-refractivity contribution in [3.05, 3.63) is 23.2 Å². The van der Waals surface area contributed by atoms with Crippen LogP contribution in [0.3, 0.4) is 0 Å². The number of rotatable bonds is 3. The molecule has 2 rings (SSSR count).